The SMILES string of the molecule is COc1ccc(COc2ccc3oc(=O)c(-c4ccc(OC)c(OC)c4)c(C)c3c2)cc1. The monoisotopic (exact) mass is 432 g/mol. The van der Waals surface area contributed by atoms with Crippen LogP contribution in [0.4, 0.5) is 0 Å². The summed E-state index contributed by atoms with van der Waals surface area (Å²) in [7, 11) is 4.77. The lowest BCUT2D eigenvalue weighted by atomic mass is 9.99. The molecule has 0 unspecified atom stereocenters. The number of hydrogen-bond acceptors (Lipinski definition) is 6. The molecular weight excluding hydrogens is 408 g/mol. The van der Waals surface area contributed by atoms with Crippen molar-refractivity contribution in [1.82, 2.24) is 0 Å². The molecular formula is C26H24O6. The first-order chi connectivity index (χ1) is 15.5. The summed E-state index contributed by atoms with van der Waals surface area (Å²) in [5.74, 6) is 2.62. The third kappa shape index (κ3) is 4.12. The molecule has 0 aliphatic rings. The van der Waals surface area contributed by atoms with E-state index < -0.39 is 5.63 Å². The van der Waals surface area contributed by atoms with Gasteiger partial charge >= 0.3 is 5.63 Å². The van der Waals surface area contributed by atoms with E-state index >= 15 is 0 Å². The standard InChI is InChI=1S/C26H24O6/c1-16-21-14-20(31-15-17-5-8-19(28-2)9-6-17)10-12-22(21)32-26(27)25(16)18-7-11-23(29-3)24(13-18)30-4/h5-14H,15H2,1-4H3. The highest BCUT2D eigenvalue weighted by atomic mass is 16.5. The highest BCUT2D eigenvalue weighted by Crippen LogP contribution is 2.34. The van der Waals surface area contributed by atoms with Gasteiger partial charge in [0.25, 0.3) is 0 Å². The molecule has 0 spiro atoms. The molecule has 6 nitrogen and oxygen atoms in total. The van der Waals surface area contributed by atoms with Crippen molar-refractivity contribution < 1.29 is 23.4 Å². The maximum Gasteiger partial charge on any atom is 0.344 e. The van der Waals surface area contributed by atoms with Crippen molar-refractivity contribution in [3.8, 4) is 34.1 Å². The Morgan fingerprint density at radius 1 is 0.781 bits per heavy atom. The van der Waals surface area contributed by atoms with Crippen LogP contribution in [0.25, 0.3) is 22.1 Å². The van der Waals surface area contributed by atoms with E-state index in [0.29, 0.717) is 40.6 Å². The van der Waals surface area contributed by atoms with Gasteiger partial charge in [0.05, 0.1) is 26.9 Å². The Bertz CT molecular complexity index is 1300. The first kappa shape index (κ1) is 21.3. The minimum Gasteiger partial charge on any atom is -0.497 e. The summed E-state index contributed by atoms with van der Waals surface area (Å²) < 4.78 is 27.5. The van der Waals surface area contributed by atoms with Gasteiger partial charge in [-0.3, -0.25) is 0 Å². The molecule has 0 fully saturated rings. The summed E-state index contributed by atoms with van der Waals surface area (Å²) >= 11 is 0. The summed E-state index contributed by atoms with van der Waals surface area (Å²) in [6.45, 7) is 2.31. The number of ether oxygens (including phenoxy) is 4. The van der Waals surface area contributed by atoms with Crippen LogP contribution in [-0.4, -0.2) is 21.3 Å². The Hall–Kier alpha value is -3.93. The van der Waals surface area contributed by atoms with Crippen LogP contribution in [0, 0.1) is 6.92 Å². The largest absolute Gasteiger partial charge is 0.497 e. The second kappa shape index (κ2) is 9.06. The molecule has 4 rings (SSSR count). The first-order valence-electron chi connectivity index (χ1n) is 10.1. The fourth-order valence-corrected chi connectivity index (χ4v) is 3.63. The maximum absolute atomic E-state index is 12.8. The number of benzene rings is 3. The average molecular weight is 432 g/mol. The minimum atomic E-state index is -0.408. The van der Waals surface area contributed by atoms with Crippen molar-refractivity contribution in [3.63, 3.8) is 0 Å². The zero-order valence-corrected chi connectivity index (χ0v) is 18.4. The normalized spacial score (nSPS) is 10.8. The Balaban J connectivity index is 1.69. The Labute approximate surface area is 185 Å². The third-order valence-corrected chi connectivity index (χ3v) is 5.37. The van der Waals surface area contributed by atoms with Gasteiger partial charge in [-0.2, -0.15) is 0 Å². The maximum atomic E-state index is 12.8. The van der Waals surface area contributed by atoms with Crippen molar-refractivity contribution in [2.75, 3.05) is 21.3 Å². The van der Waals surface area contributed by atoms with Gasteiger partial charge in [0.1, 0.15) is 23.7 Å². The molecule has 4 aromatic rings. The van der Waals surface area contributed by atoms with E-state index in [1.807, 2.05) is 43.3 Å². The molecule has 0 amide bonds. The molecule has 0 aliphatic heterocycles. The number of fused-ring (bicyclic) bond motifs is 1. The van der Waals surface area contributed by atoms with Gasteiger partial charge in [-0.25, -0.2) is 4.79 Å². The summed E-state index contributed by atoms with van der Waals surface area (Å²) in [4.78, 5) is 12.8. The molecule has 0 saturated carbocycles. The van der Waals surface area contributed by atoms with E-state index in [9.17, 15) is 4.79 Å². The Morgan fingerprint density at radius 3 is 2.19 bits per heavy atom. The average Bonchev–Trinajstić information content (AvgIpc) is 2.83. The van der Waals surface area contributed by atoms with Gasteiger partial charge < -0.3 is 23.4 Å². The molecule has 6 heteroatoms. The molecule has 3 aromatic carbocycles. The van der Waals surface area contributed by atoms with Crippen LogP contribution < -0.4 is 24.6 Å². The van der Waals surface area contributed by atoms with E-state index in [2.05, 4.69) is 0 Å². The molecule has 0 saturated heterocycles. The van der Waals surface area contributed by atoms with E-state index in [1.165, 1.54) is 0 Å². The fraction of sp³-hybridized carbons (Fsp3) is 0.192. The minimum absolute atomic E-state index is 0.408. The summed E-state index contributed by atoms with van der Waals surface area (Å²) in [5.41, 5.74) is 3.10. The van der Waals surface area contributed by atoms with Crippen molar-refractivity contribution in [2.24, 2.45) is 0 Å². The van der Waals surface area contributed by atoms with Gasteiger partial charge in [0, 0.05) is 5.39 Å². The van der Waals surface area contributed by atoms with Crippen molar-refractivity contribution in [3.05, 3.63) is 82.2 Å². The first-order valence-corrected chi connectivity index (χ1v) is 10.1. The van der Waals surface area contributed by atoms with Gasteiger partial charge in [-0.15, -0.1) is 0 Å². The van der Waals surface area contributed by atoms with Gasteiger partial charge in [0.2, 0.25) is 0 Å². The molecule has 1 heterocycles. The lowest BCUT2D eigenvalue weighted by Crippen LogP contribution is -2.06. The topological polar surface area (TPSA) is 67.1 Å². The fourth-order valence-electron chi connectivity index (χ4n) is 3.63. The molecule has 0 bridgehead atoms. The second-order valence-corrected chi connectivity index (χ2v) is 7.25. The predicted octanol–water partition coefficient (Wildman–Crippen LogP) is 5.37. The Kier molecular flexibility index (Phi) is 6.03. The number of rotatable bonds is 7. The van der Waals surface area contributed by atoms with Gasteiger partial charge in [-0.1, -0.05) is 18.2 Å². The van der Waals surface area contributed by atoms with E-state index in [1.54, 1.807) is 45.6 Å². The lowest BCUT2D eigenvalue weighted by molar-refractivity contribution is 0.306. The third-order valence-electron chi connectivity index (χ3n) is 5.37. The number of methoxy groups -OCH3 is 3. The Morgan fingerprint density at radius 2 is 1.50 bits per heavy atom. The van der Waals surface area contributed by atoms with Crippen molar-refractivity contribution in [2.45, 2.75) is 13.5 Å². The van der Waals surface area contributed by atoms with Crippen molar-refractivity contribution in [1.29, 1.82) is 0 Å². The van der Waals surface area contributed by atoms with Gasteiger partial charge in [0.15, 0.2) is 11.5 Å². The van der Waals surface area contributed by atoms with Crippen LogP contribution in [0.3, 0.4) is 0 Å². The summed E-state index contributed by atoms with van der Waals surface area (Å²) in [6.07, 6.45) is 0. The van der Waals surface area contributed by atoms with Crippen LogP contribution in [0.2, 0.25) is 0 Å². The molecule has 0 N–H and O–H groups in total. The summed E-state index contributed by atoms with van der Waals surface area (Å²) in [6, 6.07) is 18.5. The molecule has 32 heavy (non-hydrogen) atoms. The van der Waals surface area contributed by atoms with Crippen LogP contribution in [-0.2, 0) is 6.61 Å². The smallest absolute Gasteiger partial charge is 0.344 e. The van der Waals surface area contributed by atoms with Crippen molar-refractivity contribution >= 4 is 11.0 Å². The van der Waals surface area contributed by atoms with Crippen LogP contribution in [0.15, 0.2) is 69.9 Å². The highest BCUT2D eigenvalue weighted by molar-refractivity contribution is 5.88. The zero-order valence-electron chi connectivity index (χ0n) is 18.4. The second-order valence-electron chi connectivity index (χ2n) is 7.25. The van der Waals surface area contributed by atoms with Crippen LogP contribution in [0.5, 0.6) is 23.0 Å². The van der Waals surface area contributed by atoms with Crippen LogP contribution in [0.1, 0.15) is 11.1 Å². The number of aryl methyl sites for hydroxylation is 1. The molecule has 0 radical (unpaired) electrons. The number of hydrogen-bond donors (Lipinski definition) is 0. The quantitative estimate of drug-likeness (QED) is 0.366. The molecule has 1 aromatic heterocycles. The highest BCUT2D eigenvalue weighted by Gasteiger charge is 2.16. The molecule has 0 atom stereocenters. The molecule has 164 valence electrons. The predicted molar refractivity (Wildman–Crippen MR) is 123 cm³/mol. The van der Waals surface area contributed by atoms with Crippen LogP contribution >= 0.6 is 0 Å². The molecule has 0 aliphatic carbocycles. The van der Waals surface area contributed by atoms with E-state index in [4.69, 9.17) is 23.4 Å². The van der Waals surface area contributed by atoms with Gasteiger partial charge in [-0.05, 0) is 66.1 Å². The summed E-state index contributed by atoms with van der Waals surface area (Å²) in [5, 5.41) is 0.807. The zero-order chi connectivity index (χ0) is 22.7. The van der Waals surface area contributed by atoms with E-state index in [0.717, 1.165) is 22.3 Å². The van der Waals surface area contributed by atoms with E-state index in [-0.39, 0.29) is 0 Å². The lowest BCUT2D eigenvalue weighted by Gasteiger charge is -2.13.